The number of rotatable bonds is 9. The van der Waals surface area contributed by atoms with E-state index in [1.165, 1.54) is 0 Å². The summed E-state index contributed by atoms with van der Waals surface area (Å²) in [6.07, 6.45) is 4.33. The van der Waals surface area contributed by atoms with Gasteiger partial charge < -0.3 is 15.2 Å². The van der Waals surface area contributed by atoms with Crippen LogP contribution in [0.15, 0.2) is 78.9 Å². The van der Waals surface area contributed by atoms with Gasteiger partial charge in [-0.15, -0.1) is 0 Å². The van der Waals surface area contributed by atoms with Gasteiger partial charge in [0.1, 0.15) is 11.5 Å². The topological polar surface area (TPSA) is 82.1 Å². The molecule has 3 aromatic rings. The van der Waals surface area contributed by atoms with Gasteiger partial charge in [0.15, 0.2) is 0 Å². The fourth-order valence-corrected chi connectivity index (χ4v) is 5.63. The average Bonchev–Trinajstić information content (AvgIpc) is 3.11. The second-order valence-electron chi connectivity index (χ2n) is 10.1. The van der Waals surface area contributed by atoms with Crippen molar-refractivity contribution in [2.75, 3.05) is 18.9 Å². The summed E-state index contributed by atoms with van der Waals surface area (Å²) in [7, 11) is 2.14. The van der Waals surface area contributed by atoms with Crippen LogP contribution >= 0.6 is 0 Å². The lowest BCUT2D eigenvalue weighted by molar-refractivity contribution is -0.118. The van der Waals surface area contributed by atoms with Gasteiger partial charge in [-0.25, -0.2) is 4.79 Å². The van der Waals surface area contributed by atoms with Crippen molar-refractivity contribution in [3.05, 3.63) is 90.0 Å². The first-order valence-corrected chi connectivity index (χ1v) is 12.9. The zero-order chi connectivity index (χ0) is 25.8. The quantitative estimate of drug-likeness (QED) is 0.419. The van der Waals surface area contributed by atoms with Crippen LogP contribution in [0, 0.1) is 0 Å². The minimum absolute atomic E-state index is 0.0129. The van der Waals surface area contributed by atoms with Crippen molar-refractivity contribution in [1.29, 1.82) is 0 Å². The number of amides is 1. The molecule has 2 N–H and O–H groups in total. The highest BCUT2D eigenvalue weighted by Gasteiger charge is 2.42. The summed E-state index contributed by atoms with van der Waals surface area (Å²) in [5.41, 5.74) is 2.19. The average molecular weight is 500 g/mol. The van der Waals surface area contributed by atoms with Gasteiger partial charge in [0.25, 0.3) is 0 Å². The molecule has 2 aliphatic rings. The lowest BCUT2D eigenvalue weighted by atomic mass is 9.95. The standard InChI is InChI=1S/C30H33N3O4/c1-32(19-21-7-9-22(10-8-21)30(35)36)26-17-24-13-14-25(18-26)33(24)20-29(34)31-23-11-15-28(16-12-23)37-27-5-3-2-4-6-27/h2-12,15-16,24-26H,13-14,17-20H2,1H3,(H,31,34)(H,35,36)/t24-,25+,26-. The first-order chi connectivity index (χ1) is 17.9. The SMILES string of the molecule is CN(Cc1ccc(C(=O)O)cc1)[C@@H]1C[C@H]2CC[C@@H](C1)N2CC(=O)Nc1ccc(Oc2ccccc2)cc1. The van der Waals surface area contributed by atoms with E-state index in [2.05, 4.69) is 22.2 Å². The van der Waals surface area contributed by atoms with E-state index < -0.39 is 5.97 Å². The number of aromatic carboxylic acids is 1. The second-order valence-corrected chi connectivity index (χ2v) is 10.1. The molecule has 0 radical (unpaired) electrons. The first-order valence-electron chi connectivity index (χ1n) is 12.9. The van der Waals surface area contributed by atoms with Crippen LogP contribution in [0.1, 0.15) is 41.6 Å². The van der Waals surface area contributed by atoms with Gasteiger partial charge in [-0.1, -0.05) is 30.3 Å². The van der Waals surface area contributed by atoms with E-state index >= 15 is 0 Å². The predicted octanol–water partition coefficient (Wildman–Crippen LogP) is 5.24. The second kappa shape index (κ2) is 11.2. The maximum atomic E-state index is 12.9. The van der Waals surface area contributed by atoms with Gasteiger partial charge in [0.05, 0.1) is 12.1 Å². The highest BCUT2D eigenvalue weighted by molar-refractivity contribution is 5.92. The summed E-state index contributed by atoms with van der Waals surface area (Å²) in [6, 6.07) is 25.5. The highest BCUT2D eigenvalue weighted by atomic mass is 16.5. The van der Waals surface area contributed by atoms with Crippen LogP contribution in [-0.2, 0) is 11.3 Å². The Bertz CT molecular complexity index is 1200. The number of anilines is 1. The molecule has 2 aliphatic heterocycles. The Kier molecular flexibility index (Phi) is 7.53. The van der Waals surface area contributed by atoms with E-state index in [0.29, 0.717) is 30.2 Å². The third-order valence-corrected chi connectivity index (χ3v) is 7.56. The largest absolute Gasteiger partial charge is 0.478 e. The smallest absolute Gasteiger partial charge is 0.335 e. The number of hydrogen-bond acceptors (Lipinski definition) is 5. The Balaban J connectivity index is 1.11. The van der Waals surface area contributed by atoms with E-state index in [-0.39, 0.29) is 5.91 Å². The summed E-state index contributed by atoms with van der Waals surface area (Å²) >= 11 is 0. The lowest BCUT2D eigenvalue weighted by Crippen LogP contribution is -2.51. The summed E-state index contributed by atoms with van der Waals surface area (Å²) < 4.78 is 5.83. The maximum absolute atomic E-state index is 12.9. The fourth-order valence-electron chi connectivity index (χ4n) is 5.63. The van der Waals surface area contributed by atoms with Crippen molar-refractivity contribution in [3.8, 4) is 11.5 Å². The van der Waals surface area contributed by atoms with Gasteiger partial charge in [0.2, 0.25) is 5.91 Å². The Morgan fingerprint density at radius 2 is 1.54 bits per heavy atom. The third kappa shape index (κ3) is 6.18. The summed E-state index contributed by atoms with van der Waals surface area (Å²) in [5.74, 6) is 0.618. The van der Waals surface area contributed by atoms with Crippen LogP contribution < -0.4 is 10.1 Å². The number of nitrogens with one attached hydrogen (secondary N) is 1. The number of benzene rings is 3. The molecule has 2 fully saturated rings. The zero-order valence-corrected chi connectivity index (χ0v) is 21.0. The Hall–Kier alpha value is -3.68. The molecular weight excluding hydrogens is 466 g/mol. The number of nitrogens with zero attached hydrogens (tertiary/aromatic N) is 2. The molecule has 2 saturated heterocycles. The van der Waals surface area contributed by atoms with Crippen molar-refractivity contribution < 1.29 is 19.4 Å². The fraction of sp³-hybridized carbons (Fsp3) is 0.333. The molecule has 3 aromatic carbocycles. The van der Waals surface area contributed by atoms with E-state index in [1.807, 2.05) is 66.7 Å². The minimum Gasteiger partial charge on any atom is -0.478 e. The van der Waals surface area contributed by atoms with Crippen LogP contribution in [0.2, 0.25) is 0 Å². The molecule has 1 amide bonds. The molecule has 0 spiro atoms. The molecule has 7 heteroatoms. The number of fused-ring (bicyclic) bond motifs is 2. The number of carbonyl (C=O) groups is 2. The first kappa shape index (κ1) is 25.0. The minimum atomic E-state index is -0.901. The van der Waals surface area contributed by atoms with Crippen LogP contribution in [-0.4, -0.2) is 58.5 Å². The van der Waals surface area contributed by atoms with Crippen LogP contribution in [0.25, 0.3) is 0 Å². The summed E-state index contributed by atoms with van der Waals surface area (Å²) in [4.78, 5) is 28.7. The number of para-hydroxylation sites is 1. The van der Waals surface area contributed by atoms with E-state index in [1.54, 1.807) is 12.1 Å². The third-order valence-electron chi connectivity index (χ3n) is 7.56. The molecule has 0 aromatic heterocycles. The Morgan fingerprint density at radius 3 is 2.16 bits per heavy atom. The molecule has 37 heavy (non-hydrogen) atoms. The summed E-state index contributed by atoms with van der Waals surface area (Å²) in [6.45, 7) is 1.19. The molecule has 2 heterocycles. The van der Waals surface area contributed by atoms with Gasteiger partial charge in [-0.2, -0.15) is 0 Å². The maximum Gasteiger partial charge on any atom is 0.335 e. The monoisotopic (exact) mass is 499 g/mol. The van der Waals surface area contributed by atoms with Crippen molar-refractivity contribution >= 4 is 17.6 Å². The number of carbonyl (C=O) groups excluding carboxylic acids is 1. The zero-order valence-electron chi connectivity index (χ0n) is 21.0. The number of carboxylic acids is 1. The van der Waals surface area contributed by atoms with Crippen LogP contribution in [0.5, 0.6) is 11.5 Å². The normalized spacial score (nSPS) is 21.1. The van der Waals surface area contributed by atoms with Gasteiger partial charge in [-0.05, 0) is 86.8 Å². The van der Waals surface area contributed by atoms with E-state index in [9.17, 15) is 9.59 Å². The van der Waals surface area contributed by atoms with E-state index in [4.69, 9.17) is 9.84 Å². The van der Waals surface area contributed by atoms with Gasteiger partial charge in [-0.3, -0.25) is 14.6 Å². The molecule has 0 aliphatic carbocycles. The Labute approximate surface area is 217 Å². The molecule has 7 nitrogen and oxygen atoms in total. The number of hydrogen-bond donors (Lipinski definition) is 2. The lowest BCUT2D eigenvalue weighted by Gasteiger charge is -2.42. The van der Waals surface area contributed by atoms with Crippen molar-refractivity contribution in [2.45, 2.75) is 50.4 Å². The van der Waals surface area contributed by atoms with Crippen molar-refractivity contribution in [2.24, 2.45) is 0 Å². The van der Waals surface area contributed by atoms with Gasteiger partial charge in [0, 0.05) is 30.4 Å². The number of piperidine rings is 1. The summed E-state index contributed by atoms with van der Waals surface area (Å²) in [5, 5.41) is 12.1. The number of carboxylic acid groups (broad SMARTS) is 1. The molecule has 5 rings (SSSR count). The molecule has 0 unspecified atom stereocenters. The number of ether oxygens (including phenoxy) is 1. The van der Waals surface area contributed by atoms with Gasteiger partial charge >= 0.3 is 5.97 Å². The van der Waals surface area contributed by atoms with Crippen LogP contribution in [0.3, 0.4) is 0 Å². The molecule has 0 saturated carbocycles. The molecule has 3 atom stereocenters. The molecular formula is C30H33N3O4. The van der Waals surface area contributed by atoms with Crippen molar-refractivity contribution in [3.63, 3.8) is 0 Å². The van der Waals surface area contributed by atoms with Crippen LogP contribution in [0.4, 0.5) is 5.69 Å². The molecule has 192 valence electrons. The Morgan fingerprint density at radius 1 is 0.919 bits per heavy atom. The van der Waals surface area contributed by atoms with Crippen molar-refractivity contribution in [1.82, 2.24) is 9.80 Å². The highest BCUT2D eigenvalue weighted by Crippen LogP contribution is 2.37. The molecule has 2 bridgehead atoms. The predicted molar refractivity (Wildman–Crippen MR) is 143 cm³/mol. The van der Waals surface area contributed by atoms with E-state index in [0.717, 1.165) is 55.0 Å².